The first-order valence-electron chi connectivity index (χ1n) is 9.74. The molecule has 0 radical (unpaired) electrons. The van der Waals surface area contributed by atoms with Crippen molar-refractivity contribution in [2.45, 2.75) is 32.6 Å². The molecule has 5 nitrogen and oxygen atoms in total. The lowest BCUT2D eigenvalue weighted by Crippen LogP contribution is -2.52. The van der Waals surface area contributed by atoms with Gasteiger partial charge in [-0.1, -0.05) is 30.5 Å². The number of nitrogens with zero attached hydrogens (tertiary/aromatic N) is 3. The van der Waals surface area contributed by atoms with Crippen molar-refractivity contribution in [2.24, 2.45) is 0 Å². The molecule has 142 valence electrons. The van der Waals surface area contributed by atoms with Crippen LogP contribution in [0.4, 0.5) is 5.69 Å². The third-order valence-electron chi connectivity index (χ3n) is 5.28. The number of piperazine rings is 1. The molecule has 0 bridgehead atoms. The lowest BCUT2D eigenvalue weighted by molar-refractivity contribution is -0.132. The summed E-state index contributed by atoms with van der Waals surface area (Å²) < 4.78 is 0. The Hall–Kier alpha value is -1.66. The van der Waals surface area contributed by atoms with Crippen molar-refractivity contribution >= 4 is 28.9 Å². The predicted octanol–water partition coefficient (Wildman–Crippen LogP) is 2.71. The average molecular weight is 375 g/mol. The number of benzene rings is 1. The highest BCUT2D eigenvalue weighted by Crippen LogP contribution is 2.13. The fraction of sp³-hybridized carbons (Fsp3) is 0.600. The smallest absolute Gasteiger partial charge is 0.236 e. The first-order chi connectivity index (χ1) is 12.6. The second kappa shape index (κ2) is 9.33. The van der Waals surface area contributed by atoms with Crippen molar-refractivity contribution in [2.75, 3.05) is 51.1 Å². The van der Waals surface area contributed by atoms with Crippen molar-refractivity contribution in [1.82, 2.24) is 14.7 Å². The molecule has 0 aliphatic carbocycles. The standard InChI is InChI=1S/C20H30N4OS/c1-17-6-8-18(9-7-17)21-20(26)24-14-12-22(13-15-24)16-19(25)23-10-4-2-3-5-11-23/h6-9H,2-5,10-16H2,1H3,(H,21,26). The van der Waals surface area contributed by atoms with Gasteiger partial charge in [0, 0.05) is 45.0 Å². The van der Waals surface area contributed by atoms with Crippen molar-refractivity contribution in [3.8, 4) is 0 Å². The van der Waals surface area contributed by atoms with E-state index in [-0.39, 0.29) is 0 Å². The van der Waals surface area contributed by atoms with Crippen molar-refractivity contribution in [1.29, 1.82) is 0 Å². The molecule has 1 amide bonds. The summed E-state index contributed by atoms with van der Waals surface area (Å²) in [7, 11) is 0. The Morgan fingerprint density at radius 3 is 2.15 bits per heavy atom. The summed E-state index contributed by atoms with van der Waals surface area (Å²) in [6.07, 6.45) is 4.82. The average Bonchev–Trinajstić information content (AvgIpc) is 2.94. The highest BCUT2D eigenvalue weighted by Gasteiger charge is 2.23. The Morgan fingerprint density at radius 1 is 0.923 bits per heavy atom. The Balaban J connectivity index is 1.42. The van der Waals surface area contributed by atoms with Crippen LogP contribution in [0.25, 0.3) is 0 Å². The van der Waals surface area contributed by atoms with Crippen LogP contribution in [0.15, 0.2) is 24.3 Å². The predicted molar refractivity (Wildman–Crippen MR) is 110 cm³/mol. The molecule has 0 saturated carbocycles. The number of amides is 1. The van der Waals surface area contributed by atoms with Crippen LogP contribution in [0.5, 0.6) is 0 Å². The van der Waals surface area contributed by atoms with Gasteiger partial charge < -0.3 is 15.1 Å². The third kappa shape index (κ3) is 5.42. The highest BCUT2D eigenvalue weighted by atomic mass is 32.1. The monoisotopic (exact) mass is 374 g/mol. The Morgan fingerprint density at radius 2 is 1.54 bits per heavy atom. The zero-order chi connectivity index (χ0) is 18.4. The molecule has 0 spiro atoms. The number of hydrogen-bond acceptors (Lipinski definition) is 3. The Kier molecular flexibility index (Phi) is 6.86. The van der Waals surface area contributed by atoms with E-state index in [4.69, 9.17) is 12.2 Å². The molecule has 1 N–H and O–H groups in total. The van der Waals surface area contributed by atoms with E-state index < -0.39 is 0 Å². The van der Waals surface area contributed by atoms with Gasteiger partial charge >= 0.3 is 0 Å². The Bertz CT molecular complexity index is 603. The van der Waals surface area contributed by atoms with E-state index in [1.54, 1.807) is 0 Å². The molecule has 0 aromatic heterocycles. The van der Waals surface area contributed by atoms with Gasteiger partial charge in [0.15, 0.2) is 5.11 Å². The molecule has 3 rings (SSSR count). The molecule has 0 atom stereocenters. The summed E-state index contributed by atoms with van der Waals surface area (Å²) >= 11 is 5.55. The highest BCUT2D eigenvalue weighted by molar-refractivity contribution is 7.80. The number of aryl methyl sites for hydroxylation is 1. The van der Waals surface area contributed by atoms with E-state index in [1.807, 2.05) is 0 Å². The van der Waals surface area contributed by atoms with Gasteiger partial charge in [-0.25, -0.2) is 0 Å². The summed E-state index contributed by atoms with van der Waals surface area (Å²) in [5.74, 6) is 0.292. The van der Waals surface area contributed by atoms with E-state index in [9.17, 15) is 4.79 Å². The Labute approximate surface area is 162 Å². The van der Waals surface area contributed by atoms with Crippen molar-refractivity contribution < 1.29 is 4.79 Å². The maximum atomic E-state index is 12.5. The molecule has 2 aliphatic heterocycles. The van der Waals surface area contributed by atoms with E-state index in [2.05, 4.69) is 51.2 Å². The molecule has 2 aliphatic rings. The van der Waals surface area contributed by atoms with Gasteiger partial charge in [-0.3, -0.25) is 9.69 Å². The van der Waals surface area contributed by atoms with Crippen LogP contribution in [-0.4, -0.2) is 71.5 Å². The van der Waals surface area contributed by atoms with E-state index in [1.165, 1.54) is 18.4 Å². The van der Waals surface area contributed by atoms with Crippen LogP contribution >= 0.6 is 12.2 Å². The molecule has 2 saturated heterocycles. The second-order valence-electron chi connectivity index (χ2n) is 7.35. The molecule has 6 heteroatoms. The van der Waals surface area contributed by atoms with Gasteiger partial charge in [0.2, 0.25) is 5.91 Å². The van der Waals surface area contributed by atoms with Crippen molar-refractivity contribution in [3.05, 3.63) is 29.8 Å². The second-order valence-corrected chi connectivity index (χ2v) is 7.74. The van der Waals surface area contributed by atoms with Crippen LogP contribution in [0.2, 0.25) is 0 Å². The normalized spacial score (nSPS) is 19.1. The summed E-state index contributed by atoms with van der Waals surface area (Å²) in [4.78, 5) is 19.1. The molecule has 26 heavy (non-hydrogen) atoms. The van der Waals surface area contributed by atoms with Gasteiger partial charge in [-0.2, -0.15) is 0 Å². The van der Waals surface area contributed by atoms with Gasteiger partial charge in [0.05, 0.1) is 6.54 Å². The zero-order valence-corrected chi connectivity index (χ0v) is 16.6. The summed E-state index contributed by atoms with van der Waals surface area (Å²) in [6.45, 7) is 7.99. The quantitative estimate of drug-likeness (QED) is 0.824. The summed E-state index contributed by atoms with van der Waals surface area (Å²) in [6, 6.07) is 8.27. The number of likely N-dealkylation sites (tertiary alicyclic amines) is 1. The largest absolute Gasteiger partial charge is 0.346 e. The first kappa shape index (κ1) is 19.1. The van der Waals surface area contributed by atoms with Gasteiger partial charge in [0.1, 0.15) is 0 Å². The van der Waals surface area contributed by atoms with E-state index >= 15 is 0 Å². The molecular formula is C20H30N4OS. The number of hydrogen-bond donors (Lipinski definition) is 1. The maximum Gasteiger partial charge on any atom is 0.236 e. The van der Waals surface area contributed by atoms with Crippen LogP contribution in [0, 0.1) is 6.92 Å². The molecular weight excluding hydrogens is 344 g/mol. The number of carbonyl (C=O) groups is 1. The SMILES string of the molecule is Cc1ccc(NC(=S)N2CCN(CC(=O)N3CCCCCC3)CC2)cc1. The van der Waals surface area contributed by atoms with E-state index in [0.29, 0.717) is 12.5 Å². The summed E-state index contributed by atoms with van der Waals surface area (Å²) in [5.41, 5.74) is 2.27. The molecule has 2 fully saturated rings. The lowest BCUT2D eigenvalue weighted by Gasteiger charge is -2.36. The lowest BCUT2D eigenvalue weighted by atomic mass is 10.2. The number of carbonyl (C=O) groups excluding carboxylic acids is 1. The van der Waals surface area contributed by atoms with Gasteiger partial charge in [-0.05, 0) is 44.1 Å². The van der Waals surface area contributed by atoms with Crippen LogP contribution in [0.1, 0.15) is 31.2 Å². The topological polar surface area (TPSA) is 38.8 Å². The maximum absolute atomic E-state index is 12.5. The molecule has 2 heterocycles. The van der Waals surface area contributed by atoms with Crippen LogP contribution in [0.3, 0.4) is 0 Å². The minimum atomic E-state index is 0.292. The first-order valence-corrected chi connectivity index (χ1v) is 10.2. The fourth-order valence-corrected chi connectivity index (χ4v) is 3.86. The van der Waals surface area contributed by atoms with Crippen molar-refractivity contribution in [3.63, 3.8) is 0 Å². The van der Waals surface area contributed by atoms with Crippen LogP contribution < -0.4 is 5.32 Å². The zero-order valence-electron chi connectivity index (χ0n) is 15.7. The fourth-order valence-electron chi connectivity index (χ4n) is 3.56. The number of rotatable bonds is 3. The van der Waals surface area contributed by atoms with E-state index in [0.717, 1.165) is 62.9 Å². The number of thiocarbonyl (C=S) groups is 1. The summed E-state index contributed by atoms with van der Waals surface area (Å²) in [5, 5.41) is 4.09. The minimum Gasteiger partial charge on any atom is -0.346 e. The van der Waals surface area contributed by atoms with Crippen LogP contribution in [-0.2, 0) is 4.79 Å². The molecule has 1 aromatic rings. The minimum absolute atomic E-state index is 0.292. The van der Waals surface area contributed by atoms with Gasteiger partial charge in [-0.15, -0.1) is 0 Å². The number of anilines is 1. The third-order valence-corrected chi connectivity index (χ3v) is 5.64. The molecule has 1 aromatic carbocycles. The molecule has 0 unspecified atom stereocenters. The number of nitrogens with one attached hydrogen (secondary N) is 1. The van der Waals surface area contributed by atoms with Gasteiger partial charge in [0.25, 0.3) is 0 Å².